The van der Waals surface area contributed by atoms with Gasteiger partial charge in [0.15, 0.2) is 0 Å². The molecule has 2 unspecified atom stereocenters. The molecule has 0 saturated carbocycles. The van der Waals surface area contributed by atoms with Crippen molar-refractivity contribution in [2.45, 2.75) is 33.2 Å². The van der Waals surface area contributed by atoms with Crippen LogP contribution in [0, 0.1) is 11.8 Å². The molecule has 0 heterocycles. The number of hydrazine groups is 1. The summed E-state index contributed by atoms with van der Waals surface area (Å²) >= 11 is 3.58. The van der Waals surface area contributed by atoms with E-state index >= 15 is 0 Å². The molecule has 0 aliphatic carbocycles. The topological polar surface area (TPSA) is 47.3 Å². The van der Waals surface area contributed by atoms with Crippen LogP contribution in [0.4, 0.5) is 0 Å². The molecule has 4 heteroatoms. The lowest BCUT2D eigenvalue weighted by atomic mass is 9.87. The zero-order valence-electron chi connectivity index (χ0n) is 11.5. The number of hydrogen-bond donors (Lipinski definition) is 2. The summed E-state index contributed by atoms with van der Waals surface area (Å²) in [5.41, 5.74) is 4.15. The molecule has 0 aliphatic rings. The molecule has 0 amide bonds. The highest BCUT2D eigenvalue weighted by Crippen LogP contribution is 2.26. The van der Waals surface area contributed by atoms with Gasteiger partial charge in [-0.3, -0.25) is 11.3 Å². The first-order valence-electron chi connectivity index (χ1n) is 6.28. The molecule has 0 bridgehead atoms. The summed E-state index contributed by atoms with van der Waals surface area (Å²) < 4.78 is 6.36. The highest BCUT2D eigenvalue weighted by molar-refractivity contribution is 9.10. The fourth-order valence-corrected chi connectivity index (χ4v) is 2.34. The molecule has 3 nitrogen and oxygen atoms in total. The summed E-state index contributed by atoms with van der Waals surface area (Å²) in [6.07, 6.45) is 0.883. The number of nitrogens with one attached hydrogen (secondary N) is 1. The predicted octanol–water partition coefficient (Wildman–Crippen LogP) is 3.12. The third-order valence-corrected chi connectivity index (χ3v) is 4.37. The van der Waals surface area contributed by atoms with E-state index in [0.717, 1.165) is 16.6 Å². The highest BCUT2D eigenvalue weighted by Gasteiger charge is 2.20. The molecule has 1 rings (SSSR count). The second-order valence-electron chi connectivity index (χ2n) is 5.04. The van der Waals surface area contributed by atoms with Crippen LogP contribution in [0.5, 0.6) is 5.75 Å². The minimum Gasteiger partial charge on any atom is -0.497 e. The maximum absolute atomic E-state index is 5.68. The minimum atomic E-state index is 0.258. The molecule has 3 N–H and O–H groups in total. The molecule has 0 fully saturated rings. The van der Waals surface area contributed by atoms with E-state index in [1.54, 1.807) is 7.11 Å². The molecule has 102 valence electrons. The van der Waals surface area contributed by atoms with Gasteiger partial charge in [-0.2, -0.15) is 0 Å². The number of rotatable bonds is 6. The number of ether oxygens (including phenoxy) is 1. The Labute approximate surface area is 118 Å². The molecular formula is C14H23BrN2O. The Morgan fingerprint density at radius 1 is 1.33 bits per heavy atom. The summed E-state index contributed by atoms with van der Waals surface area (Å²) in [5, 5.41) is 0. The fraction of sp³-hybridized carbons (Fsp3) is 0.571. The van der Waals surface area contributed by atoms with Gasteiger partial charge in [0.1, 0.15) is 5.75 Å². The summed E-state index contributed by atoms with van der Waals surface area (Å²) in [7, 11) is 1.68. The average molecular weight is 315 g/mol. The Morgan fingerprint density at radius 3 is 2.50 bits per heavy atom. The van der Waals surface area contributed by atoms with Gasteiger partial charge in [-0.15, -0.1) is 0 Å². The van der Waals surface area contributed by atoms with Crippen molar-refractivity contribution in [3.63, 3.8) is 0 Å². The van der Waals surface area contributed by atoms with Crippen molar-refractivity contribution in [1.82, 2.24) is 5.43 Å². The van der Waals surface area contributed by atoms with Gasteiger partial charge in [-0.05, 0) is 42.0 Å². The van der Waals surface area contributed by atoms with Gasteiger partial charge < -0.3 is 4.74 Å². The van der Waals surface area contributed by atoms with E-state index in [9.17, 15) is 0 Å². The quantitative estimate of drug-likeness (QED) is 0.626. The zero-order chi connectivity index (χ0) is 13.7. The number of benzene rings is 1. The van der Waals surface area contributed by atoms with Crippen molar-refractivity contribution in [2.75, 3.05) is 7.11 Å². The second-order valence-corrected chi connectivity index (χ2v) is 5.89. The lowest BCUT2D eigenvalue weighted by Crippen LogP contribution is -2.43. The maximum atomic E-state index is 5.68. The third kappa shape index (κ3) is 3.97. The molecular weight excluding hydrogens is 292 g/mol. The van der Waals surface area contributed by atoms with E-state index in [4.69, 9.17) is 10.6 Å². The van der Waals surface area contributed by atoms with Gasteiger partial charge in [0, 0.05) is 10.5 Å². The zero-order valence-corrected chi connectivity index (χ0v) is 13.1. The van der Waals surface area contributed by atoms with E-state index in [1.165, 1.54) is 5.56 Å². The van der Waals surface area contributed by atoms with Crippen molar-refractivity contribution >= 4 is 15.9 Å². The smallest absolute Gasteiger partial charge is 0.119 e. The molecule has 18 heavy (non-hydrogen) atoms. The van der Waals surface area contributed by atoms with Crippen LogP contribution in [0.25, 0.3) is 0 Å². The molecule has 0 aliphatic heterocycles. The molecule has 2 atom stereocenters. The van der Waals surface area contributed by atoms with Crippen LogP contribution in [0.15, 0.2) is 22.7 Å². The maximum Gasteiger partial charge on any atom is 0.119 e. The summed E-state index contributed by atoms with van der Waals surface area (Å²) in [6, 6.07) is 6.28. The van der Waals surface area contributed by atoms with Crippen LogP contribution < -0.4 is 16.0 Å². The first kappa shape index (κ1) is 15.5. The lowest BCUT2D eigenvalue weighted by Gasteiger charge is -2.26. The van der Waals surface area contributed by atoms with Crippen molar-refractivity contribution in [3.05, 3.63) is 28.2 Å². The van der Waals surface area contributed by atoms with E-state index < -0.39 is 0 Å². The number of nitrogens with two attached hydrogens (primary N) is 1. The largest absolute Gasteiger partial charge is 0.497 e. The van der Waals surface area contributed by atoms with E-state index in [0.29, 0.717) is 11.8 Å². The van der Waals surface area contributed by atoms with Crippen molar-refractivity contribution in [2.24, 2.45) is 17.7 Å². The van der Waals surface area contributed by atoms with Gasteiger partial charge in [0.25, 0.3) is 0 Å². The molecule has 0 aromatic heterocycles. The normalized spacial score (nSPS) is 14.6. The van der Waals surface area contributed by atoms with Crippen LogP contribution in [0.2, 0.25) is 0 Å². The Balaban J connectivity index is 2.87. The molecule has 1 aromatic carbocycles. The number of hydrogen-bond acceptors (Lipinski definition) is 3. The van der Waals surface area contributed by atoms with Crippen LogP contribution in [0.1, 0.15) is 26.3 Å². The Morgan fingerprint density at radius 2 is 2.00 bits per heavy atom. The monoisotopic (exact) mass is 314 g/mol. The van der Waals surface area contributed by atoms with Gasteiger partial charge in [0.05, 0.1) is 7.11 Å². The van der Waals surface area contributed by atoms with E-state index in [2.05, 4.69) is 48.2 Å². The third-order valence-electron chi connectivity index (χ3n) is 3.59. The molecule has 0 saturated heterocycles. The summed E-state index contributed by atoms with van der Waals surface area (Å²) in [5.74, 6) is 7.66. The van der Waals surface area contributed by atoms with Crippen LogP contribution in [0.3, 0.4) is 0 Å². The minimum absolute atomic E-state index is 0.258. The fourth-order valence-electron chi connectivity index (χ4n) is 1.93. The second kappa shape index (κ2) is 7.12. The van der Waals surface area contributed by atoms with Gasteiger partial charge in [-0.1, -0.05) is 36.7 Å². The van der Waals surface area contributed by atoms with Crippen molar-refractivity contribution in [1.29, 1.82) is 0 Å². The summed E-state index contributed by atoms with van der Waals surface area (Å²) in [6.45, 7) is 6.66. The molecule has 0 spiro atoms. The van der Waals surface area contributed by atoms with Crippen molar-refractivity contribution in [3.8, 4) is 5.75 Å². The van der Waals surface area contributed by atoms with Crippen LogP contribution >= 0.6 is 15.9 Å². The Kier molecular flexibility index (Phi) is 6.12. The van der Waals surface area contributed by atoms with Gasteiger partial charge >= 0.3 is 0 Å². The number of halogens is 1. The Hall–Kier alpha value is -0.580. The molecule has 1 aromatic rings. The van der Waals surface area contributed by atoms with Gasteiger partial charge in [-0.25, -0.2) is 0 Å². The Bertz CT molecular complexity index is 382. The standard InChI is InChI=1S/C14H23BrN2O/c1-9(2)10(3)14(17-16)8-11-7-12(18-4)5-6-13(11)15/h5-7,9-10,14,17H,8,16H2,1-4H3. The predicted molar refractivity (Wildman–Crippen MR) is 79.5 cm³/mol. The summed E-state index contributed by atoms with van der Waals surface area (Å²) in [4.78, 5) is 0. The average Bonchev–Trinajstić information content (AvgIpc) is 2.36. The first-order valence-corrected chi connectivity index (χ1v) is 7.07. The van der Waals surface area contributed by atoms with Gasteiger partial charge in [0.2, 0.25) is 0 Å². The lowest BCUT2D eigenvalue weighted by molar-refractivity contribution is 0.299. The molecule has 0 radical (unpaired) electrons. The highest BCUT2D eigenvalue weighted by atomic mass is 79.9. The van der Waals surface area contributed by atoms with Crippen molar-refractivity contribution < 1.29 is 4.74 Å². The van der Waals surface area contributed by atoms with E-state index in [-0.39, 0.29) is 6.04 Å². The SMILES string of the molecule is COc1ccc(Br)c(CC(NN)C(C)C(C)C)c1. The first-order chi connectivity index (χ1) is 8.49. The van der Waals surface area contributed by atoms with Crippen LogP contribution in [-0.4, -0.2) is 13.2 Å². The number of methoxy groups -OCH3 is 1. The van der Waals surface area contributed by atoms with Crippen LogP contribution in [-0.2, 0) is 6.42 Å². The van der Waals surface area contributed by atoms with E-state index in [1.807, 2.05) is 12.1 Å².